The van der Waals surface area contributed by atoms with Crippen LogP contribution in [0.2, 0.25) is 0 Å². The van der Waals surface area contributed by atoms with Gasteiger partial charge in [0.15, 0.2) is 5.76 Å². The number of hydrogen-bond donors (Lipinski definition) is 1. The molecule has 3 aliphatic rings. The minimum absolute atomic E-state index is 0.0266. The third kappa shape index (κ3) is 2.65. The number of hydrogen-bond acceptors (Lipinski definition) is 3. The number of allylic oxidation sites excluding steroid dienone is 5. The van der Waals surface area contributed by atoms with E-state index in [1.54, 1.807) is 0 Å². The number of para-hydroxylation sites is 1. The summed E-state index contributed by atoms with van der Waals surface area (Å²) in [5.74, 6) is 0.663. The van der Waals surface area contributed by atoms with E-state index >= 15 is 0 Å². The van der Waals surface area contributed by atoms with Gasteiger partial charge in [-0.3, -0.25) is 4.79 Å². The summed E-state index contributed by atoms with van der Waals surface area (Å²) in [6.45, 7) is 0. The molecule has 0 saturated heterocycles. The van der Waals surface area contributed by atoms with Gasteiger partial charge in [-0.1, -0.05) is 42.5 Å². The third-order valence-corrected chi connectivity index (χ3v) is 5.44. The molecule has 0 amide bonds. The maximum Gasteiger partial charge on any atom is 0.210 e. The summed E-state index contributed by atoms with van der Waals surface area (Å²) in [5.41, 5.74) is 3.95. The molecule has 0 fully saturated rings. The summed E-state index contributed by atoms with van der Waals surface area (Å²) in [7, 11) is 2.07. The molecular weight excluding hydrogens is 348 g/mol. The molecule has 1 aromatic carbocycles. The van der Waals surface area contributed by atoms with Crippen molar-refractivity contribution >= 4 is 5.78 Å². The zero-order valence-corrected chi connectivity index (χ0v) is 15.5. The predicted octanol–water partition coefficient (Wildman–Crippen LogP) is 4.26. The lowest BCUT2D eigenvalue weighted by Crippen LogP contribution is -2.38. The number of carbonyl (C=O) groups is 1. The fraction of sp³-hybridized carbons (Fsp3) is 0.125. The Balaban J connectivity index is 1.67. The van der Waals surface area contributed by atoms with Crippen molar-refractivity contribution in [3.8, 4) is 5.75 Å². The molecule has 0 spiro atoms. The SMILES string of the molecule is CN1C2=CC(c3cc[nH]c3)C(=O)C(Oc3ccccc3)=C2C=C2C=CC=CC21. The predicted molar refractivity (Wildman–Crippen MR) is 109 cm³/mol. The number of rotatable bonds is 3. The molecule has 2 unspecified atom stereocenters. The Morgan fingerprint density at radius 3 is 2.75 bits per heavy atom. The van der Waals surface area contributed by atoms with Gasteiger partial charge >= 0.3 is 0 Å². The van der Waals surface area contributed by atoms with Gasteiger partial charge in [-0.05, 0) is 41.5 Å². The number of ether oxygens (including phenoxy) is 1. The maximum atomic E-state index is 13.4. The van der Waals surface area contributed by atoms with Crippen LogP contribution in [0.3, 0.4) is 0 Å². The van der Waals surface area contributed by atoms with Crippen LogP contribution in [0, 0.1) is 0 Å². The number of aromatic amines is 1. The zero-order chi connectivity index (χ0) is 19.1. The number of nitrogens with one attached hydrogen (secondary N) is 1. The summed E-state index contributed by atoms with van der Waals surface area (Å²) < 4.78 is 6.16. The highest BCUT2D eigenvalue weighted by Crippen LogP contribution is 2.40. The smallest absolute Gasteiger partial charge is 0.210 e. The molecule has 0 bridgehead atoms. The molecule has 1 aliphatic heterocycles. The molecule has 0 saturated carbocycles. The molecule has 1 N–H and O–H groups in total. The van der Waals surface area contributed by atoms with E-state index in [0.29, 0.717) is 11.5 Å². The van der Waals surface area contributed by atoms with Crippen LogP contribution in [0.4, 0.5) is 0 Å². The van der Waals surface area contributed by atoms with Crippen LogP contribution < -0.4 is 4.74 Å². The van der Waals surface area contributed by atoms with Gasteiger partial charge in [0.05, 0.1) is 12.0 Å². The number of ketones is 1. The summed E-state index contributed by atoms with van der Waals surface area (Å²) in [6, 6.07) is 11.6. The van der Waals surface area contributed by atoms with Crippen LogP contribution in [0.15, 0.2) is 108 Å². The minimum Gasteiger partial charge on any atom is -0.453 e. The number of Topliss-reactive ketones (excluding diaryl/α,β-unsaturated/α-hetero) is 1. The minimum atomic E-state index is -0.371. The van der Waals surface area contributed by atoms with Crippen LogP contribution in [0.1, 0.15) is 11.5 Å². The molecule has 0 radical (unpaired) electrons. The van der Waals surface area contributed by atoms with E-state index in [0.717, 1.165) is 22.4 Å². The lowest BCUT2D eigenvalue weighted by molar-refractivity contribution is -0.118. The number of H-pyrrole nitrogens is 1. The monoisotopic (exact) mass is 368 g/mol. The average Bonchev–Trinajstić information content (AvgIpc) is 3.26. The maximum absolute atomic E-state index is 13.4. The second-order valence-corrected chi connectivity index (χ2v) is 7.14. The highest BCUT2D eigenvalue weighted by atomic mass is 16.5. The summed E-state index contributed by atoms with van der Waals surface area (Å²) in [4.78, 5) is 18.7. The summed E-state index contributed by atoms with van der Waals surface area (Å²) >= 11 is 0. The fourth-order valence-electron chi connectivity index (χ4n) is 4.00. The van der Waals surface area contributed by atoms with Gasteiger partial charge in [0.25, 0.3) is 0 Å². The first-order valence-corrected chi connectivity index (χ1v) is 9.38. The van der Waals surface area contributed by atoms with Crippen LogP contribution in [0.5, 0.6) is 5.75 Å². The molecular formula is C24H20N2O2. The number of aromatic nitrogens is 1. The fourth-order valence-corrected chi connectivity index (χ4v) is 4.00. The van der Waals surface area contributed by atoms with Crippen LogP contribution in [-0.2, 0) is 4.79 Å². The molecule has 4 heteroatoms. The first-order chi connectivity index (χ1) is 13.7. The van der Waals surface area contributed by atoms with E-state index in [1.807, 2.05) is 54.9 Å². The van der Waals surface area contributed by atoms with Crippen LogP contribution in [-0.4, -0.2) is 28.8 Å². The summed E-state index contributed by atoms with van der Waals surface area (Å²) in [6.07, 6.45) is 16.2. The number of nitrogens with zero attached hydrogens (tertiary/aromatic N) is 1. The highest BCUT2D eigenvalue weighted by molar-refractivity contribution is 6.04. The second kappa shape index (κ2) is 6.57. The Morgan fingerprint density at radius 1 is 1.11 bits per heavy atom. The lowest BCUT2D eigenvalue weighted by Gasteiger charge is -2.39. The van der Waals surface area contributed by atoms with Gasteiger partial charge in [-0.2, -0.15) is 0 Å². The van der Waals surface area contributed by atoms with Crippen molar-refractivity contribution in [2.24, 2.45) is 0 Å². The van der Waals surface area contributed by atoms with Gasteiger partial charge in [-0.15, -0.1) is 0 Å². The zero-order valence-electron chi connectivity index (χ0n) is 15.5. The first-order valence-electron chi connectivity index (χ1n) is 9.38. The molecule has 2 aromatic rings. The number of carbonyl (C=O) groups excluding carboxylic acids is 1. The van der Waals surface area contributed by atoms with E-state index in [1.165, 1.54) is 0 Å². The Bertz CT molecular complexity index is 1070. The van der Waals surface area contributed by atoms with Gasteiger partial charge in [0.2, 0.25) is 5.78 Å². The van der Waals surface area contributed by atoms with E-state index in [2.05, 4.69) is 47.3 Å². The quantitative estimate of drug-likeness (QED) is 0.880. The van der Waals surface area contributed by atoms with E-state index in [4.69, 9.17) is 4.74 Å². The molecule has 28 heavy (non-hydrogen) atoms. The van der Waals surface area contributed by atoms with E-state index in [9.17, 15) is 4.79 Å². The van der Waals surface area contributed by atoms with Crippen molar-refractivity contribution in [3.05, 3.63) is 113 Å². The van der Waals surface area contributed by atoms with Gasteiger partial charge in [0, 0.05) is 30.7 Å². The molecule has 138 valence electrons. The molecule has 1 aromatic heterocycles. The number of likely N-dealkylation sites (N-methyl/N-ethyl adjacent to an activating group) is 1. The average molecular weight is 368 g/mol. The first kappa shape index (κ1) is 16.6. The van der Waals surface area contributed by atoms with Gasteiger partial charge in [-0.25, -0.2) is 0 Å². The Labute approximate surface area is 163 Å². The lowest BCUT2D eigenvalue weighted by atomic mass is 9.82. The Kier molecular flexibility index (Phi) is 3.90. The molecule has 5 rings (SSSR count). The molecule has 2 aliphatic carbocycles. The molecule has 2 heterocycles. The van der Waals surface area contributed by atoms with Crippen molar-refractivity contribution in [1.82, 2.24) is 9.88 Å². The molecule has 4 nitrogen and oxygen atoms in total. The topological polar surface area (TPSA) is 45.3 Å². The van der Waals surface area contributed by atoms with Gasteiger partial charge in [0.1, 0.15) is 5.75 Å². The van der Waals surface area contributed by atoms with E-state index in [-0.39, 0.29) is 17.7 Å². The van der Waals surface area contributed by atoms with Crippen LogP contribution in [0.25, 0.3) is 0 Å². The van der Waals surface area contributed by atoms with Crippen molar-refractivity contribution in [1.29, 1.82) is 0 Å². The van der Waals surface area contributed by atoms with Crippen molar-refractivity contribution < 1.29 is 9.53 Å². The normalized spacial score (nSPS) is 23.2. The van der Waals surface area contributed by atoms with Crippen molar-refractivity contribution in [2.45, 2.75) is 12.0 Å². The van der Waals surface area contributed by atoms with Crippen LogP contribution >= 0.6 is 0 Å². The standard InChI is InChI=1S/C24H20N2O2/c1-26-21-10-6-5-7-16(21)13-20-22(26)14-19(17-11-12-25-15-17)23(27)24(20)28-18-8-3-2-4-9-18/h2-15,19,21,25H,1H3. The third-order valence-electron chi connectivity index (χ3n) is 5.44. The number of benzene rings is 1. The van der Waals surface area contributed by atoms with E-state index < -0.39 is 0 Å². The summed E-state index contributed by atoms with van der Waals surface area (Å²) in [5, 5.41) is 0. The Hall–Kier alpha value is -3.53. The Morgan fingerprint density at radius 2 is 1.96 bits per heavy atom. The van der Waals surface area contributed by atoms with Crippen molar-refractivity contribution in [2.75, 3.05) is 7.05 Å². The second-order valence-electron chi connectivity index (χ2n) is 7.14. The van der Waals surface area contributed by atoms with Gasteiger partial charge < -0.3 is 14.6 Å². The largest absolute Gasteiger partial charge is 0.453 e. The molecule has 2 atom stereocenters. The van der Waals surface area contributed by atoms with Crippen molar-refractivity contribution in [3.63, 3.8) is 0 Å². The highest BCUT2D eigenvalue weighted by Gasteiger charge is 2.37. The number of fused-ring (bicyclic) bond motifs is 2.